The summed E-state index contributed by atoms with van der Waals surface area (Å²) in [5.41, 5.74) is 0. The number of carbonyl (C=O) groups excluding carboxylic acids is 1. The third-order valence-electron chi connectivity index (χ3n) is 2.93. The Morgan fingerprint density at radius 3 is 2.85 bits per heavy atom. The molecule has 2 fully saturated rings. The van der Waals surface area contributed by atoms with E-state index in [-0.39, 0.29) is 0 Å². The standard InChI is InChI=1S/C10H17NO2/c1-13-7-8-4-5-11(6-8)10(12)9-2-3-9/h8-9H,2-7H2,1H3. The van der Waals surface area contributed by atoms with Gasteiger partial charge in [-0.2, -0.15) is 0 Å². The van der Waals surface area contributed by atoms with E-state index in [4.69, 9.17) is 4.74 Å². The molecule has 1 aliphatic heterocycles. The summed E-state index contributed by atoms with van der Waals surface area (Å²) in [4.78, 5) is 13.7. The summed E-state index contributed by atoms with van der Waals surface area (Å²) in [6.07, 6.45) is 3.35. The zero-order valence-corrected chi connectivity index (χ0v) is 8.16. The van der Waals surface area contributed by atoms with E-state index >= 15 is 0 Å². The van der Waals surface area contributed by atoms with Crippen LogP contribution < -0.4 is 0 Å². The molecule has 0 bridgehead atoms. The first kappa shape index (κ1) is 9.00. The SMILES string of the molecule is COCC1CCN(C(=O)C2CC2)C1. The van der Waals surface area contributed by atoms with Gasteiger partial charge >= 0.3 is 0 Å². The molecule has 2 rings (SSSR count). The lowest BCUT2D eigenvalue weighted by Crippen LogP contribution is -2.30. The first-order valence-electron chi connectivity index (χ1n) is 5.09. The second-order valence-corrected chi connectivity index (χ2v) is 4.17. The van der Waals surface area contributed by atoms with Crippen LogP contribution in [0.4, 0.5) is 0 Å². The molecule has 1 saturated carbocycles. The highest BCUT2D eigenvalue weighted by atomic mass is 16.5. The molecule has 3 heteroatoms. The molecule has 0 aromatic rings. The number of hydrogen-bond acceptors (Lipinski definition) is 2. The molecule has 2 aliphatic rings. The van der Waals surface area contributed by atoms with E-state index in [0.29, 0.717) is 17.7 Å². The molecule has 1 saturated heterocycles. The lowest BCUT2D eigenvalue weighted by atomic mass is 10.1. The van der Waals surface area contributed by atoms with Crippen LogP contribution in [0.1, 0.15) is 19.3 Å². The molecule has 1 aliphatic carbocycles. The van der Waals surface area contributed by atoms with Gasteiger partial charge in [0.15, 0.2) is 0 Å². The van der Waals surface area contributed by atoms with Crippen molar-refractivity contribution in [3.63, 3.8) is 0 Å². The van der Waals surface area contributed by atoms with Crippen molar-refractivity contribution in [3.8, 4) is 0 Å². The van der Waals surface area contributed by atoms with Crippen LogP contribution >= 0.6 is 0 Å². The zero-order chi connectivity index (χ0) is 9.26. The van der Waals surface area contributed by atoms with Gasteiger partial charge in [0, 0.05) is 32.0 Å². The summed E-state index contributed by atoms with van der Waals surface area (Å²) >= 11 is 0. The van der Waals surface area contributed by atoms with Crippen LogP contribution in [0, 0.1) is 11.8 Å². The lowest BCUT2D eigenvalue weighted by Gasteiger charge is -2.15. The molecule has 0 N–H and O–H groups in total. The normalized spacial score (nSPS) is 28.1. The van der Waals surface area contributed by atoms with Crippen molar-refractivity contribution >= 4 is 5.91 Å². The number of likely N-dealkylation sites (tertiary alicyclic amines) is 1. The van der Waals surface area contributed by atoms with Gasteiger partial charge in [0.2, 0.25) is 5.91 Å². The molecule has 0 aromatic heterocycles. The van der Waals surface area contributed by atoms with Crippen molar-refractivity contribution < 1.29 is 9.53 Å². The maximum absolute atomic E-state index is 11.6. The maximum Gasteiger partial charge on any atom is 0.225 e. The lowest BCUT2D eigenvalue weighted by molar-refractivity contribution is -0.131. The van der Waals surface area contributed by atoms with Gasteiger partial charge in [-0.25, -0.2) is 0 Å². The van der Waals surface area contributed by atoms with Crippen molar-refractivity contribution in [1.82, 2.24) is 4.90 Å². The molecule has 1 heterocycles. The predicted molar refractivity (Wildman–Crippen MR) is 49.3 cm³/mol. The van der Waals surface area contributed by atoms with E-state index < -0.39 is 0 Å². The van der Waals surface area contributed by atoms with Crippen LogP contribution in [-0.4, -0.2) is 37.6 Å². The topological polar surface area (TPSA) is 29.5 Å². The van der Waals surface area contributed by atoms with Crippen molar-refractivity contribution in [1.29, 1.82) is 0 Å². The van der Waals surface area contributed by atoms with Gasteiger partial charge in [0.05, 0.1) is 6.61 Å². The van der Waals surface area contributed by atoms with Crippen LogP contribution in [-0.2, 0) is 9.53 Å². The Labute approximate surface area is 79.0 Å². The summed E-state index contributed by atoms with van der Waals surface area (Å²) in [5.74, 6) is 1.34. The van der Waals surface area contributed by atoms with Gasteiger partial charge in [0.1, 0.15) is 0 Å². The molecular weight excluding hydrogens is 166 g/mol. The number of hydrogen-bond donors (Lipinski definition) is 0. The average Bonchev–Trinajstić information content (AvgIpc) is 2.87. The van der Waals surface area contributed by atoms with Gasteiger partial charge in [-0.1, -0.05) is 0 Å². The van der Waals surface area contributed by atoms with E-state index in [1.165, 1.54) is 0 Å². The fraction of sp³-hybridized carbons (Fsp3) is 0.900. The van der Waals surface area contributed by atoms with Crippen LogP contribution in [0.3, 0.4) is 0 Å². The highest BCUT2D eigenvalue weighted by Crippen LogP contribution is 2.32. The Hall–Kier alpha value is -0.570. The molecule has 1 atom stereocenters. The third-order valence-corrected chi connectivity index (χ3v) is 2.93. The van der Waals surface area contributed by atoms with E-state index in [0.717, 1.165) is 39.0 Å². The maximum atomic E-state index is 11.6. The van der Waals surface area contributed by atoms with E-state index in [1.54, 1.807) is 7.11 Å². The average molecular weight is 183 g/mol. The minimum Gasteiger partial charge on any atom is -0.384 e. The molecule has 13 heavy (non-hydrogen) atoms. The minimum atomic E-state index is 0.376. The molecule has 1 unspecified atom stereocenters. The van der Waals surface area contributed by atoms with E-state index in [2.05, 4.69) is 0 Å². The summed E-state index contributed by atoms with van der Waals surface area (Å²) < 4.78 is 5.09. The molecule has 0 radical (unpaired) electrons. The van der Waals surface area contributed by atoms with Crippen molar-refractivity contribution in [3.05, 3.63) is 0 Å². The highest BCUT2D eigenvalue weighted by Gasteiger charge is 2.36. The van der Waals surface area contributed by atoms with Crippen molar-refractivity contribution in [2.45, 2.75) is 19.3 Å². The summed E-state index contributed by atoms with van der Waals surface area (Å²) in [6.45, 7) is 2.67. The van der Waals surface area contributed by atoms with Crippen molar-refractivity contribution in [2.75, 3.05) is 26.8 Å². The summed E-state index contributed by atoms with van der Waals surface area (Å²) in [6, 6.07) is 0. The molecule has 3 nitrogen and oxygen atoms in total. The molecule has 0 aromatic carbocycles. The summed E-state index contributed by atoms with van der Waals surface area (Å²) in [5, 5.41) is 0. The van der Waals surface area contributed by atoms with Gasteiger partial charge < -0.3 is 9.64 Å². The molecule has 1 amide bonds. The Bertz CT molecular complexity index is 201. The Morgan fingerprint density at radius 2 is 2.23 bits per heavy atom. The monoisotopic (exact) mass is 183 g/mol. The molecule has 0 spiro atoms. The zero-order valence-electron chi connectivity index (χ0n) is 8.16. The Morgan fingerprint density at radius 1 is 1.46 bits per heavy atom. The van der Waals surface area contributed by atoms with Crippen LogP contribution in [0.5, 0.6) is 0 Å². The first-order valence-corrected chi connectivity index (χ1v) is 5.09. The Balaban J connectivity index is 1.79. The van der Waals surface area contributed by atoms with Crippen molar-refractivity contribution in [2.24, 2.45) is 11.8 Å². The summed E-state index contributed by atoms with van der Waals surface area (Å²) in [7, 11) is 1.73. The van der Waals surface area contributed by atoms with Gasteiger partial charge in [0.25, 0.3) is 0 Å². The fourth-order valence-electron chi connectivity index (χ4n) is 1.99. The number of methoxy groups -OCH3 is 1. The molecular formula is C10H17NO2. The third kappa shape index (κ3) is 2.02. The van der Waals surface area contributed by atoms with Crippen LogP contribution in [0.25, 0.3) is 0 Å². The van der Waals surface area contributed by atoms with E-state index in [9.17, 15) is 4.79 Å². The second-order valence-electron chi connectivity index (χ2n) is 4.17. The number of ether oxygens (including phenoxy) is 1. The smallest absolute Gasteiger partial charge is 0.225 e. The van der Waals surface area contributed by atoms with E-state index in [1.807, 2.05) is 4.90 Å². The van der Waals surface area contributed by atoms with Crippen LogP contribution in [0.2, 0.25) is 0 Å². The minimum absolute atomic E-state index is 0.376. The quantitative estimate of drug-likeness (QED) is 0.650. The van der Waals surface area contributed by atoms with Gasteiger partial charge in [-0.3, -0.25) is 4.79 Å². The molecule has 74 valence electrons. The van der Waals surface area contributed by atoms with Gasteiger partial charge in [-0.15, -0.1) is 0 Å². The van der Waals surface area contributed by atoms with Gasteiger partial charge in [-0.05, 0) is 19.3 Å². The Kier molecular flexibility index (Phi) is 2.54. The number of amides is 1. The fourth-order valence-corrected chi connectivity index (χ4v) is 1.99. The second kappa shape index (κ2) is 3.66. The predicted octanol–water partition coefficient (Wildman–Crippen LogP) is 0.891. The number of nitrogens with zero attached hydrogens (tertiary/aromatic N) is 1. The number of carbonyl (C=O) groups is 1. The first-order chi connectivity index (χ1) is 6.31. The number of rotatable bonds is 3. The highest BCUT2D eigenvalue weighted by molar-refractivity contribution is 5.81. The largest absolute Gasteiger partial charge is 0.384 e. The van der Waals surface area contributed by atoms with Crippen LogP contribution in [0.15, 0.2) is 0 Å².